The van der Waals surface area contributed by atoms with Crippen molar-refractivity contribution in [3.63, 3.8) is 0 Å². The third-order valence-electron chi connectivity index (χ3n) is 5.51. The number of imide groups is 1. The minimum absolute atomic E-state index is 0.0544. The maximum atomic E-state index is 13.4. The third-order valence-corrected chi connectivity index (χ3v) is 6.51. The molecule has 4 aromatic rings. The molecule has 3 heterocycles. The summed E-state index contributed by atoms with van der Waals surface area (Å²) >= 11 is 1.42. The molecule has 1 atom stereocenters. The van der Waals surface area contributed by atoms with Gasteiger partial charge < -0.3 is 5.32 Å². The molecule has 5 rings (SSSR count). The number of thiophene rings is 1. The van der Waals surface area contributed by atoms with Gasteiger partial charge in [-0.15, -0.1) is 11.3 Å². The first-order valence-corrected chi connectivity index (χ1v) is 10.8. The maximum absolute atomic E-state index is 13.4. The Labute approximate surface area is 188 Å². The fraction of sp³-hybridized carbons (Fsp3) is 0.0800. The van der Waals surface area contributed by atoms with Crippen molar-refractivity contribution in [2.45, 2.75) is 5.92 Å². The average molecular weight is 441 g/mol. The van der Waals surface area contributed by atoms with Crippen LogP contribution >= 0.6 is 11.3 Å². The highest BCUT2D eigenvalue weighted by atomic mass is 32.1. The Hall–Kier alpha value is -3.84. The molecule has 0 fully saturated rings. The van der Waals surface area contributed by atoms with E-state index in [0.717, 1.165) is 20.5 Å². The Kier molecular flexibility index (Phi) is 5.03. The number of hydrogen-bond acceptors (Lipinski definition) is 5. The fourth-order valence-corrected chi connectivity index (χ4v) is 4.76. The molecule has 0 saturated carbocycles. The summed E-state index contributed by atoms with van der Waals surface area (Å²) in [5.74, 6) is -1.80. The number of nitrogens with one attached hydrogen (secondary N) is 1. The van der Waals surface area contributed by atoms with E-state index in [-0.39, 0.29) is 24.3 Å². The van der Waals surface area contributed by atoms with E-state index in [2.05, 4.69) is 17.2 Å². The molecule has 0 saturated heterocycles. The van der Waals surface area contributed by atoms with Crippen molar-refractivity contribution in [2.75, 3.05) is 11.9 Å². The quantitative estimate of drug-likeness (QED) is 0.464. The van der Waals surface area contributed by atoms with Crippen LogP contribution in [-0.2, 0) is 4.79 Å². The van der Waals surface area contributed by atoms with Crippen LogP contribution in [0.3, 0.4) is 0 Å². The van der Waals surface area contributed by atoms with Gasteiger partial charge in [0.15, 0.2) is 0 Å². The Balaban J connectivity index is 1.45. The van der Waals surface area contributed by atoms with Crippen LogP contribution in [0.2, 0.25) is 0 Å². The van der Waals surface area contributed by atoms with E-state index in [1.165, 1.54) is 11.3 Å². The van der Waals surface area contributed by atoms with Crippen LogP contribution in [0.15, 0.2) is 73.1 Å². The van der Waals surface area contributed by atoms with Crippen molar-refractivity contribution in [2.24, 2.45) is 0 Å². The molecular formula is C25H18N3O3S. The lowest BCUT2D eigenvalue weighted by Crippen LogP contribution is -2.38. The highest BCUT2D eigenvalue weighted by Gasteiger charge is 2.38. The second-order valence-electron chi connectivity index (χ2n) is 7.57. The van der Waals surface area contributed by atoms with Crippen LogP contribution in [-0.4, -0.2) is 34.2 Å². The van der Waals surface area contributed by atoms with Crippen LogP contribution in [0.4, 0.5) is 5.00 Å². The van der Waals surface area contributed by atoms with Crippen LogP contribution in [0.5, 0.6) is 0 Å². The van der Waals surface area contributed by atoms with E-state index in [1.54, 1.807) is 48.8 Å². The number of fused-ring (bicyclic) bond motifs is 2. The minimum atomic E-state index is -0.735. The van der Waals surface area contributed by atoms with Gasteiger partial charge in [-0.05, 0) is 47.7 Å². The zero-order chi connectivity index (χ0) is 22.2. The van der Waals surface area contributed by atoms with E-state index in [9.17, 15) is 14.4 Å². The number of anilines is 1. The second-order valence-corrected chi connectivity index (χ2v) is 8.66. The third kappa shape index (κ3) is 3.56. The molecule has 3 amide bonds. The maximum Gasteiger partial charge on any atom is 0.261 e. The highest BCUT2D eigenvalue weighted by molar-refractivity contribution is 7.22. The summed E-state index contributed by atoms with van der Waals surface area (Å²) in [5.41, 5.74) is 2.24. The highest BCUT2D eigenvalue weighted by Crippen LogP contribution is 2.31. The zero-order valence-corrected chi connectivity index (χ0v) is 17.8. The standard InChI is InChI=1S/C25H18N3O3S/c1-15-6-8-16(9-7-15)20(14-28-24(30)18-4-2-3-5-19(18)25(28)31)23(29)27-22-12-17-10-11-26-13-21(17)32-22/h2-13,20H,1,14H2,(H,27,29)/t20-/m1/s1. The van der Waals surface area contributed by atoms with Gasteiger partial charge in [0.2, 0.25) is 5.91 Å². The number of benzene rings is 2. The molecule has 157 valence electrons. The summed E-state index contributed by atoms with van der Waals surface area (Å²) in [4.78, 5) is 44.4. The molecular weight excluding hydrogens is 422 g/mol. The Morgan fingerprint density at radius 2 is 1.72 bits per heavy atom. The predicted molar refractivity (Wildman–Crippen MR) is 124 cm³/mol. The van der Waals surface area contributed by atoms with Gasteiger partial charge in [0, 0.05) is 18.9 Å². The largest absolute Gasteiger partial charge is 0.317 e. The number of carbonyl (C=O) groups is 3. The van der Waals surface area contributed by atoms with Crippen molar-refractivity contribution >= 4 is 44.1 Å². The molecule has 2 aromatic heterocycles. The van der Waals surface area contributed by atoms with Gasteiger partial charge in [-0.1, -0.05) is 36.4 Å². The van der Waals surface area contributed by atoms with Crippen molar-refractivity contribution in [3.05, 3.63) is 102 Å². The zero-order valence-electron chi connectivity index (χ0n) is 16.9. The number of nitrogens with zero attached hydrogens (tertiary/aromatic N) is 2. The smallest absolute Gasteiger partial charge is 0.261 e. The molecule has 1 N–H and O–H groups in total. The van der Waals surface area contributed by atoms with Gasteiger partial charge in [-0.3, -0.25) is 24.3 Å². The Bertz CT molecular complexity index is 1290. The Morgan fingerprint density at radius 3 is 2.38 bits per heavy atom. The predicted octanol–water partition coefficient (Wildman–Crippen LogP) is 4.50. The van der Waals surface area contributed by atoms with Crippen LogP contribution in [0.1, 0.15) is 37.8 Å². The average Bonchev–Trinajstić information content (AvgIpc) is 3.31. The van der Waals surface area contributed by atoms with Crippen molar-refractivity contribution in [3.8, 4) is 0 Å². The topological polar surface area (TPSA) is 79.4 Å². The molecule has 0 spiro atoms. The van der Waals surface area contributed by atoms with E-state index < -0.39 is 5.92 Å². The molecule has 0 bridgehead atoms. The van der Waals surface area contributed by atoms with Crippen molar-refractivity contribution < 1.29 is 14.4 Å². The summed E-state index contributed by atoms with van der Waals surface area (Å²) < 4.78 is 0.959. The molecule has 0 aliphatic carbocycles. The summed E-state index contributed by atoms with van der Waals surface area (Å²) in [6.07, 6.45) is 3.45. The van der Waals surface area contributed by atoms with Gasteiger partial charge in [0.05, 0.1) is 26.7 Å². The number of aromatic nitrogens is 1. The first kappa shape index (κ1) is 20.1. The lowest BCUT2D eigenvalue weighted by atomic mass is 9.96. The number of pyridine rings is 1. The molecule has 2 aromatic carbocycles. The van der Waals surface area contributed by atoms with Gasteiger partial charge in [0.25, 0.3) is 11.8 Å². The van der Waals surface area contributed by atoms with Crippen LogP contribution < -0.4 is 5.32 Å². The molecule has 6 nitrogen and oxygen atoms in total. The summed E-state index contributed by atoms with van der Waals surface area (Å²) in [5, 5.41) is 4.62. The lowest BCUT2D eigenvalue weighted by Gasteiger charge is -2.22. The first-order chi connectivity index (χ1) is 15.5. The van der Waals surface area contributed by atoms with E-state index in [4.69, 9.17) is 0 Å². The molecule has 32 heavy (non-hydrogen) atoms. The molecule has 1 radical (unpaired) electrons. The molecule has 1 aliphatic rings. The van der Waals surface area contributed by atoms with Crippen LogP contribution in [0.25, 0.3) is 10.1 Å². The van der Waals surface area contributed by atoms with Gasteiger partial charge >= 0.3 is 0 Å². The monoisotopic (exact) mass is 440 g/mol. The Morgan fingerprint density at radius 1 is 1.03 bits per heavy atom. The van der Waals surface area contributed by atoms with Gasteiger partial charge in [-0.2, -0.15) is 0 Å². The number of carbonyl (C=O) groups excluding carboxylic acids is 3. The lowest BCUT2D eigenvalue weighted by molar-refractivity contribution is -0.117. The second kappa shape index (κ2) is 8.01. The fourth-order valence-electron chi connectivity index (χ4n) is 3.83. The molecule has 7 heteroatoms. The SMILES string of the molecule is [CH2]c1ccc([C@@H](CN2C(=O)c3ccccc3C2=O)C(=O)Nc2cc3ccncc3s2)cc1. The molecule has 1 aliphatic heterocycles. The van der Waals surface area contributed by atoms with Crippen molar-refractivity contribution in [1.29, 1.82) is 0 Å². The normalized spacial score (nSPS) is 14.0. The van der Waals surface area contributed by atoms with Gasteiger partial charge in [-0.25, -0.2) is 0 Å². The summed E-state index contributed by atoms with van der Waals surface area (Å²) in [6, 6.07) is 17.7. The number of amides is 3. The summed E-state index contributed by atoms with van der Waals surface area (Å²) in [7, 11) is 0. The van der Waals surface area contributed by atoms with Crippen molar-refractivity contribution in [1.82, 2.24) is 9.88 Å². The number of rotatable bonds is 5. The minimum Gasteiger partial charge on any atom is -0.317 e. The molecule has 0 unspecified atom stereocenters. The van der Waals surface area contributed by atoms with Crippen LogP contribution in [0, 0.1) is 6.92 Å². The summed E-state index contributed by atoms with van der Waals surface area (Å²) in [6.45, 7) is 3.83. The number of hydrogen-bond donors (Lipinski definition) is 1. The van der Waals surface area contributed by atoms with E-state index in [0.29, 0.717) is 21.7 Å². The first-order valence-electron chi connectivity index (χ1n) is 10.0. The van der Waals surface area contributed by atoms with E-state index in [1.807, 2.05) is 24.3 Å². The van der Waals surface area contributed by atoms with Gasteiger partial charge in [0.1, 0.15) is 0 Å². The van der Waals surface area contributed by atoms with E-state index >= 15 is 0 Å².